The molecule has 0 bridgehead atoms. The summed E-state index contributed by atoms with van der Waals surface area (Å²) in [6.45, 7) is -3.17. The van der Waals surface area contributed by atoms with E-state index in [1.165, 1.54) is 0 Å². The SMILES string of the molecule is OC(F)(F)F.OC(F)F. The Labute approximate surface area is 46.5 Å². The maximum absolute atomic E-state index is 9.91. The van der Waals surface area contributed by atoms with Gasteiger partial charge in [-0.1, -0.05) is 0 Å². The van der Waals surface area contributed by atoms with Crippen molar-refractivity contribution in [1.82, 2.24) is 0 Å². The van der Waals surface area contributed by atoms with Crippen LogP contribution in [0.25, 0.3) is 0 Å². The Morgan fingerprint density at radius 2 is 1.11 bits per heavy atom. The fourth-order valence-electron chi connectivity index (χ4n) is 0. The van der Waals surface area contributed by atoms with Crippen LogP contribution in [0.15, 0.2) is 0 Å². The molecule has 0 saturated heterocycles. The second-order valence-electron chi connectivity index (χ2n) is 0.745. The van der Waals surface area contributed by atoms with Crippen molar-refractivity contribution in [3.8, 4) is 0 Å². The largest absolute Gasteiger partial charge is 0.519 e. The molecule has 0 unspecified atom stereocenters. The lowest BCUT2D eigenvalue weighted by Gasteiger charge is -1.86. The maximum Gasteiger partial charge on any atom is 0.519 e. The van der Waals surface area contributed by atoms with Crippen LogP contribution in [-0.2, 0) is 0 Å². The maximum atomic E-state index is 9.91. The summed E-state index contributed by atoms with van der Waals surface area (Å²) in [5.41, 5.74) is 0. The van der Waals surface area contributed by atoms with Gasteiger partial charge in [0.15, 0.2) is 0 Å². The van der Waals surface area contributed by atoms with E-state index in [-0.39, 0.29) is 0 Å². The smallest absolute Gasteiger partial charge is 0.339 e. The molecule has 0 aliphatic heterocycles. The first-order valence-electron chi connectivity index (χ1n) is 1.49. The van der Waals surface area contributed by atoms with Gasteiger partial charge in [-0.25, -0.2) is 0 Å². The molecule has 7 heteroatoms. The van der Waals surface area contributed by atoms with E-state index >= 15 is 0 Å². The highest BCUT2D eigenvalue weighted by Crippen LogP contribution is 2.06. The summed E-state index contributed by atoms with van der Waals surface area (Å²) in [5, 5.41) is 13.2. The Kier molecular flexibility index (Phi) is 5.62. The standard InChI is InChI=1S/CHF3O.CH2F2O/c2-1(3,4)5;2-1(3)4/h5H;1,4H. The Bertz CT molecular complexity index is 49.7. The van der Waals surface area contributed by atoms with Crippen LogP contribution in [0.3, 0.4) is 0 Å². The average molecular weight is 154 g/mol. The molecule has 0 atom stereocenters. The minimum absolute atomic E-state index is 3.17. The van der Waals surface area contributed by atoms with E-state index in [1.54, 1.807) is 0 Å². The molecule has 0 fully saturated rings. The molecule has 0 aliphatic rings. The molecule has 0 heterocycles. The van der Waals surface area contributed by atoms with Crippen molar-refractivity contribution in [3.05, 3.63) is 0 Å². The number of alkyl halides is 5. The lowest BCUT2D eigenvalue weighted by atomic mass is 11.4. The third-order valence-electron chi connectivity index (χ3n) is 0. The number of rotatable bonds is 0. The summed E-state index contributed by atoms with van der Waals surface area (Å²) >= 11 is 0. The highest BCUT2D eigenvalue weighted by molar-refractivity contribution is 4.06. The number of hydrogen-bond donors (Lipinski definition) is 2. The molecule has 0 radical (unpaired) electrons. The van der Waals surface area contributed by atoms with Crippen molar-refractivity contribution in [3.63, 3.8) is 0 Å². The molecule has 0 aromatic heterocycles. The van der Waals surface area contributed by atoms with E-state index in [9.17, 15) is 22.0 Å². The van der Waals surface area contributed by atoms with Gasteiger partial charge in [-0.15, -0.1) is 13.2 Å². The van der Waals surface area contributed by atoms with Crippen LogP contribution in [0.5, 0.6) is 0 Å². The van der Waals surface area contributed by atoms with Crippen molar-refractivity contribution in [2.45, 2.75) is 13.0 Å². The van der Waals surface area contributed by atoms with Gasteiger partial charge in [0.05, 0.1) is 0 Å². The second-order valence-corrected chi connectivity index (χ2v) is 0.745. The molecule has 2 N–H and O–H groups in total. The summed E-state index contributed by atoms with van der Waals surface area (Å²) in [7, 11) is 0. The van der Waals surface area contributed by atoms with Gasteiger partial charge in [-0.2, -0.15) is 8.78 Å². The number of halogens is 5. The predicted molar refractivity (Wildman–Crippen MR) is 16.5 cm³/mol. The Morgan fingerprint density at radius 3 is 1.11 bits per heavy atom. The van der Waals surface area contributed by atoms with E-state index in [1.807, 2.05) is 0 Å². The van der Waals surface area contributed by atoms with Crippen LogP contribution in [0.4, 0.5) is 22.0 Å². The number of aliphatic hydroxyl groups is 2. The first kappa shape index (κ1) is 11.4. The zero-order valence-corrected chi connectivity index (χ0v) is 3.86. The third-order valence-corrected chi connectivity index (χ3v) is 0. The van der Waals surface area contributed by atoms with Crippen molar-refractivity contribution in [1.29, 1.82) is 0 Å². The molecule has 0 saturated carbocycles. The first-order valence-corrected chi connectivity index (χ1v) is 1.49. The van der Waals surface area contributed by atoms with E-state index in [0.717, 1.165) is 0 Å². The van der Waals surface area contributed by atoms with Crippen LogP contribution in [0.1, 0.15) is 0 Å². The Balaban J connectivity index is 0. The lowest BCUT2D eigenvalue weighted by Crippen LogP contribution is -2.01. The molecule has 58 valence electrons. The summed E-state index contributed by atoms with van der Waals surface area (Å²) in [5.74, 6) is 0. The lowest BCUT2D eigenvalue weighted by molar-refractivity contribution is -0.295. The van der Waals surface area contributed by atoms with E-state index in [4.69, 9.17) is 10.2 Å². The zero-order valence-electron chi connectivity index (χ0n) is 3.86. The quantitative estimate of drug-likeness (QED) is 0.504. The third kappa shape index (κ3) is 1270. The zero-order chi connectivity index (χ0) is 8.08. The summed E-state index contributed by atoms with van der Waals surface area (Å²) in [6, 6.07) is 0. The van der Waals surface area contributed by atoms with Crippen LogP contribution in [0.2, 0.25) is 0 Å². The number of hydrogen-bond acceptors (Lipinski definition) is 2. The molecule has 2 nitrogen and oxygen atoms in total. The minimum Gasteiger partial charge on any atom is -0.339 e. The molecule has 0 aromatic rings. The van der Waals surface area contributed by atoms with Crippen molar-refractivity contribution < 1.29 is 32.2 Å². The first-order chi connectivity index (χ1) is 3.73. The highest BCUT2D eigenvalue weighted by Gasteiger charge is 2.20. The van der Waals surface area contributed by atoms with Gasteiger partial charge in [0.1, 0.15) is 0 Å². The van der Waals surface area contributed by atoms with E-state index in [0.29, 0.717) is 0 Å². The predicted octanol–water partition coefficient (Wildman–Crippen LogP) is 0.700. The van der Waals surface area contributed by atoms with Crippen LogP contribution in [0, 0.1) is 0 Å². The minimum atomic E-state index is -5.00. The fraction of sp³-hybridized carbons (Fsp3) is 1.00. The van der Waals surface area contributed by atoms with Crippen molar-refractivity contribution >= 4 is 0 Å². The van der Waals surface area contributed by atoms with Crippen molar-refractivity contribution in [2.75, 3.05) is 0 Å². The summed E-state index contributed by atoms with van der Waals surface area (Å²) in [4.78, 5) is 0. The number of aliphatic hydroxyl groups excluding tert-OH is 1. The summed E-state index contributed by atoms with van der Waals surface area (Å²) < 4.78 is 49.5. The van der Waals surface area contributed by atoms with Gasteiger partial charge < -0.3 is 10.2 Å². The Hall–Kier alpha value is -0.430. The molecule has 0 aliphatic carbocycles. The van der Waals surface area contributed by atoms with E-state index in [2.05, 4.69) is 0 Å². The van der Waals surface area contributed by atoms with Gasteiger partial charge in [-0.3, -0.25) is 0 Å². The topological polar surface area (TPSA) is 40.5 Å². The molecule has 0 amide bonds. The normalized spacial score (nSPS) is 10.7. The second kappa shape index (κ2) is 4.45. The molecule has 0 aromatic carbocycles. The fourth-order valence-corrected chi connectivity index (χ4v) is 0. The monoisotopic (exact) mass is 154 g/mol. The highest BCUT2D eigenvalue weighted by atomic mass is 19.4. The molecular weight excluding hydrogens is 151 g/mol. The van der Waals surface area contributed by atoms with Gasteiger partial charge >= 0.3 is 13.0 Å². The summed E-state index contributed by atoms with van der Waals surface area (Å²) in [6.07, 6.45) is -5.00. The van der Waals surface area contributed by atoms with E-state index < -0.39 is 13.0 Å². The van der Waals surface area contributed by atoms with Crippen LogP contribution < -0.4 is 0 Å². The van der Waals surface area contributed by atoms with Gasteiger partial charge in [0.25, 0.3) is 0 Å². The molecule has 0 spiro atoms. The van der Waals surface area contributed by atoms with Gasteiger partial charge in [-0.05, 0) is 0 Å². The van der Waals surface area contributed by atoms with Gasteiger partial charge in [0.2, 0.25) is 0 Å². The molecular formula is C2H3F5O2. The van der Waals surface area contributed by atoms with Crippen molar-refractivity contribution in [2.24, 2.45) is 0 Å². The molecule has 0 rings (SSSR count). The average Bonchev–Trinajstić information content (AvgIpc) is 1.19. The van der Waals surface area contributed by atoms with Gasteiger partial charge in [0, 0.05) is 0 Å². The van der Waals surface area contributed by atoms with Crippen LogP contribution in [-0.4, -0.2) is 23.2 Å². The Morgan fingerprint density at radius 1 is 1.11 bits per heavy atom. The van der Waals surface area contributed by atoms with Crippen LogP contribution >= 0.6 is 0 Å². The molecule has 9 heavy (non-hydrogen) atoms.